The third-order valence-electron chi connectivity index (χ3n) is 3.69. The molecule has 0 saturated carbocycles. The second kappa shape index (κ2) is 9.52. The van der Waals surface area contributed by atoms with Crippen molar-refractivity contribution in [2.24, 2.45) is 5.92 Å². The lowest BCUT2D eigenvalue weighted by Gasteiger charge is -2.13. The molecule has 4 nitrogen and oxygen atoms in total. The second-order valence-electron chi connectivity index (χ2n) is 5.94. The number of carboxylic acids is 1. The molecule has 0 aliphatic heterocycles. The maximum Gasteiger partial charge on any atom is 0.306 e. The van der Waals surface area contributed by atoms with Crippen molar-refractivity contribution in [2.75, 3.05) is 5.75 Å². The highest BCUT2D eigenvalue weighted by molar-refractivity contribution is 7.99. The van der Waals surface area contributed by atoms with E-state index in [0.717, 1.165) is 34.9 Å². The molecule has 0 saturated heterocycles. The van der Waals surface area contributed by atoms with Gasteiger partial charge in [-0.25, -0.2) is 13.8 Å². The monoisotopic (exact) mass is 381 g/mol. The highest BCUT2D eigenvalue weighted by Crippen LogP contribution is 2.27. The van der Waals surface area contributed by atoms with Gasteiger partial charge in [0, 0.05) is 11.8 Å². The summed E-state index contributed by atoms with van der Waals surface area (Å²) < 4.78 is 33.8. The molecule has 0 amide bonds. The van der Waals surface area contributed by atoms with E-state index in [4.69, 9.17) is 9.84 Å². The van der Waals surface area contributed by atoms with E-state index >= 15 is 0 Å². The maximum absolute atomic E-state index is 14.2. The van der Waals surface area contributed by atoms with Gasteiger partial charge >= 0.3 is 5.97 Å². The summed E-state index contributed by atoms with van der Waals surface area (Å²) in [5.41, 5.74) is 1.04. The molecule has 1 aromatic carbocycles. The van der Waals surface area contributed by atoms with Gasteiger partial charge in [-0.2, -0.15) is 0 Å². The minimum atomic E-state index is -1.01. The average Bonchev–Trinajstić information content (AvgIpc) is 2.60. The summed E-state index contributed by atoms with van der Waals surface area (Å²) >= 11 is 1.57. The number of hydrogen-bond acceptors (Lipinski definition) is 4. The molecule has 0 bridgehead atoms. The van der Waals surface area contributed by atoms with Gasteiger partial charge in [0.05, 0.1) is 5.92 Å². The van der Waals surface area contributed by atoms with Crippen LogP contribution in [0.4, 0.5) is 8.78 Å². The summed E-state index contributed by atoms with van der Waals surface area (Å²) in [7, 11) is 0. The predicted molar refractivity (Wildman–Crippen MR) is 96.4 cm³/mol. The Morgan fingerprint density at radius 2 is 2.04 bits per heavy atom. The van der Waals surface area contributed by atoms with Crippen molar-refractivity contribution >= 4 is 17.7 Å². The number of rotatable bonds is 9. The van der Waals surface area contributed by atoms with Gasteiger partial charge in [-0.1, -0.05) is 19.9 Å². The summed E-state index contributed by atoms with van der Waals surface area (Å²) in [6, 6.07) is 5.79. The number of carbonyl (C=O) groups is 1. The quantitative estimate of drug-likeness (QED) is 0.638. The molecule has 0 aliphatic rings. The van der Waals surface area contributed by atoms with Crippen LogP contribution in [-0.2, 0) is 17.8 Å². The first kappa shape index (κ1) is 20.2. The van der Waals surface area contributed by atoms with Gasteiger partial charge < -0.3 is 9.84 Å². The zero-order chi connectivity index (χ0) is 19.1. The molecular formula is C19H21F2NO3S. The first-order chi connectivity index (χ1) is 12.4. The van der Waals surface area contributed by atoms with E-state index in [1.807, 2.05) is 6.07 Å². The number of hydrogen-bond donors (Lipinski definition) is 1. The highest BCUT2D eigenvalue weighted by atomic mass is 32.2. The molecule has 1 N–H and O–H groups in total. The van der Waals surface area contributed by atoms with Crippen LogP contribution >= 0.6 is 11.8 Å². The summed E-state index contributed by atoms with van der Waals surface area (Å²) in [6.07, 6.45) is 2.70. The van der Waals surface area contributed by atoms with E-state index in [0.29, 0.717) is 0 Å². The van der Waals surface area contributed by atoms with E-state index in [2.05, 4.69) is 11.9 Å². The Morgan fingerprint density at radius 1 is 1.35 bits per heavy atom. The molecule has 1 atom stereocenters. The number of carboxylic acid groups (broad SMARTS) is 1. The van der Waals surface area contributed by atoms with Crippen LogP contribution in [0.2, 0.25) is 0 Å². The van der Waals surface area contributed by atoms with E-state index in [9.17, 15) is 13.6 Å². The molecule has 7 heteroatoms. The molecule has 1 heterocycles. The summed E-state index contributed by atoms with van der Waals surface area (Å²) in [4.78, 5) is 15.2. The number of benzene rings is 1. The van der Waals surface area contributed by atoms with Gasteiger partial charge in [-0.15, -0.1) is 11.8 Å². The summed E-state index contributed by atoms with van der Waals surface area (Å²) in [6.45, 7) is 3.54. The van der Waals surface area contributed by atoms with Gasteiger partial charge in [-0.3, -0.25) is 4.79 Å². The first-order valence-corrected chi connectivity index (χ1v) is 9.31. The molecule has 1 aromatic heterocycles. The van der Waals surface area contributed by atoms with Gasteiger partial charge in [-0.05, 0) is 42.4 Å². The standard InChI is InChI=1S/C19H21F2NO3S/c1-3-7-26-18-14(5-4-6-22-18)11-25-17-15(20)9-13(10-16(17)21)8-12(2)19(23)24/h4-6,9-10,12H,3,7-8,11H2,1-2H3,(H,23,24). The SMILES string of the molecule is CCCSc1ncccc1COc1c(F)cc(CC(C)C(=O)O)cc1F. The van der Waals surface area contributed by atoms with Crippen LogP contribution in [-0.4, -0.2) is 21.8 Å². The normalized spacial score (nSPS) is 12.0. The smallest absolute Gasteiger partial charge is 0.306 e. The maximum atomic E-state index is 14.2. The number of ether oxygens (including phenoxy) is 1. The Kier molecular flexibility index (Phi) is 7.38. The Bertz CT molecular complexity index is 747. The molecule has 2 aromatic rings. The van der Waals surface area contributed by atoms with Crippen LogP contribution in [0, 0.1) is 17.6 Å². The van der Waals surface area contributed by atoms with Crippen molar-refractivity contribution in [3.8, 4) is 5.75 Å². The Morgan fingerprint density at radius 3 is 2.65 bits per heavy atom. The molecule has 26 heavy (non-hydrogen) atoms. The fourth-order valence-electron chi connectivity index (χ4n) is 2.32. The number of halogens is 2. The lowest BCUT2D eigenvalue weighted by molar-refractivity contribution is -0.141. The van der Waals surface area contributed by atoms with Crippen molar-refractivity contribution < 1.29 is 23.4 Å². The number of pyridine rings is 1. The van der Waals surface area contributed by atoms with Gasteiger partial charge in [0.15, 0.2) is 17.4 Å². The largest absolute Gasteiger partial charge is 0.483 e. The molecule has 0 fully saturated rings. The molecule has 0 spiro atoms. The first-order valence-electron chi connectivity index (χ1n) is 8.32. The van der Waals surface area contributed by atoms with E-state index in [1.165, 1.54) is 6.92 Å². The second-order valence-corrected chi connectivity index (χ2v) is 7.02. The van der Waals surface area contributed by atoms with Crippen LogP contribution < -0.4 is 4.74 Å². The number of aromatic nitrogens is 1. The van der Waals surface area contributed by atoms with Crippen molar-refractivity contribution in [3.63, 3.8) is 0 Å². The topological polar surface area (TPSA) is 59.4 Å². The summed E-state index contributed by atoms with van der Waals surface area (Å²) in [5, 5.41) is 9.69. The van der Waals surface area contributed by atoms with Gasteiger partial charge in [0.1, 0.15) is 11.6 Å². The Labute approximate surface area is 155 Å². The Balaban J connectivity index is 2.12. The minimum absolute atomic E-state index is 0.00139. The molecule has 1 unspecified atom stereocenters. The minimum Gasteiger partial charge on any atom is -0.483 e. The van der Waals surface area contributed by atoms with E-state index in [-0.39, 0.29) is 18.6 Å². The molecular weight excluding hydrogens is 360 g/mol. The lowest BCUT2D eigenvalue weighted by Crippen LogP contribution is -2.12. The van der Waals surface area contributed by atoms with Crippen LogP contribution in [0.3, 0.4) is 0 Å². The molecule has 140 valence electrons. The van der Waals surface area contributed by atoms with Gasteiger partial charge in [0.25, 0.3) is 0 Å². The number of thioether (sulfide) groups is 1. The van der Waals surface area contributed by atoms with E-state index < -0.39 is 29.3 Å². The van der Waals surface area contributed by atoms with Crippen LogP contribution in [0.5, 0.6) is 5.75 Å². The van der Waals surface area contributed by atoms with Crippen molar-refractivity contribution in [1.29, 1.82) is 0 Å². The van der Waals surface area contributed by atoms with E-state index in [1.54, 1.807) is 24.0 Å². The average molecular weight is 381 g/mol. The van der Waals surface area contributed by atoms with Crippen LogP contribution in [0.15, 0.2) is 35.5 Å². The number of nitrogens with zero attached hydrogens (tertiary/aromatic N) is 1. The van der Waals surface area contributed by atoms with Crippen LogP contribution in [0.1, 0.15) is 31.4 Å². The fraction of sp³-hybridized carbons (Fsp3) is 0.368. The highest BCUT2D eigenvalue weighted by Gasteiger charge is 2.17. The number of aliphatic carboxylic acids is 1. The molecule has 0 radical (unpaired) electrons. The van der Waals surface area contributed by atoms with Crippen molar-refractivity contribution in [1.82, 2.24) is 4.98 Å². The third-order valence-corrected chi connectivity index (χ3v) is 4.94. The summed E-state index contributed by atoms with van der Waals surface area (Å²) in [5.74, 6) is -3.00. The Hall–Kier alpha value is -2.15. The predicted octanol–water partition coefficient (Wildman–Crippen LogP) is 4.70. The zero-order valence-electron chi connectivity index (χ0n) is 14.7. The van der Waals surface area contributed by atoms with Crippen LogP contribution in [0.25, 0.3) is 0 Å². The van der Waals surface area contributed by atoms with Gasteiger partial charge in [0.2, 0.25) is 0 Å². The third kappa shape index (κ3) is 5.42. The fourth-order valence-corrected chi connectivity index (χ4v) is 3.17. The van der Waals surface area contributed by atoms with Crippen molar-refractivity contribution in [2.45, 2.75) is 38.3 Å². The van der Waals surface area contributed by atoms with Crippen molar-refractivity contribution in [3.05, 3.63) is 53.2 Å². The lowest BCUT2D eigenvalue weighted by atomic mass is 10.0. The molecule has 2 rings (SSSR count). The molecule has 0 aliphatic carbocycles. The zero-order valence-corrected chi connectivity index (χ0v) is 15.5.